The summed E-state index contributed by atoms with van der Waals surface area (Å²) >= 11 is 0. The van der Waals surface area contributed by atoms with E-state index < -0.39 is 11.2 Å². The number of ether oxygens (including phenoxy) is 2. The van der Waals surface area contributed by atoms with E-state index in [1.807, 2.05) is 56.3 Å². The molecule has 1 aliphatic rings. The van der Waals surface area contributed by atoms with Crippen molar-refractivity contribution in [1.82, 2.24) is 0 Å². The maximum Gasteiger partial charge on any atom is 0.197 e. The van der Waals surface area contributed by atoms with Gasteiger partial charge in [-0.3, -0.25) is 4.79 Å². The van der Waals surface area contributed by atoms with E-state index >= 15 is 0 Å². The first kappa shape index (κ1) is 20.9. The second-order valence-corrected chi connectivity index (χ2v) is 8.76. The van der Waals surface area contributed by atoms with Gasteiger partial charge < -0.3 is 19.0 Å². The van der Waals surface area contributed by atoms with Gasteiger partial charge in [-0.1, -0.05) is 36.4 Å². The van der Waals surface area contributed by atoms with E-state index in [1.165, 1.54) is 13.2 Å². The maximum absolute atomic E-state index is 13.2. The zero-order chi connectivity index (χ0) is 22.4. The zero-order valence-electron chi connectivity index (χ0n) is 18.4. The SMILES string of the molecule is COc1c2c(c(/C=C\C(C)(C)O)c3oc(-c4ccccc4)cc(=O)c13)OC(C)(C)C=C2. The fourth-order valence-electron chi connectivity index (χ4n) is 3.62. The minimum Gasteiger partial charge on any atom is -0.495 e. The summed E-state index contributed by atoms with van der Waals surface area (Å²) in [6, 6.07) is 10.9. The maximum atomic E-state index is 13.2. The summed E-state index contributed by atoms with van der Waals surface area (Å²) in [6.07, 6.45) is 7.22. The van der Waals surface area contributed by atoms with Crippen LogP contribution in [0.15, 0.2) is 57.8 Å². The molecule has 4 rings (SSSR count). The van der Waals surface area contributed by atoms with Crippen LogP contribution in [0, 0.1) is 0 Å². The van der Waals surface area contributed by atoms with Crippen LogP contribution < -0.4 is 14.9 Å². The first-order valence-electron chi connectivity index (χ1n) is 10.2. The lowest BCUT2D eigenvalue weighted by molar-refractivity contribution is 0.134. The van der Waals surface area contributed by atoms with Crippen LogP contribution in [0.4, 0.5) is 0 Å². The lowest BCUT2D eigenvalue weighted by Crippen LogP contribution is -2.28. The van der Waals surface area contributed by atoms with Crippen molar-refractivity contribution in [2.45, 2.75) is 38.9 Å². The predicted molar refractivity (Wildman–Crippen MR) is 124 cm³/mol. The van der Waals surface area contributed by atoms with E-state index in [1.54, 1.807) is 26.0 Å². The van der Waals surface area contributed by atoms with Crippen LogP contribution in [0.5, 0.6) is 11.5 Å². The highest BCUT2D eigenvalue weighted by Gasteiger charge is 2.30. The van der Waals surface area contributed by atoms with Gasteiger partial charge in [-0.25, -0.2) is 0 Å². The molecular weight excluding hydrogens is 392 g/mol. The first-order valence-corrected chi connectivity index (χ1v) is 10.2. The van der Waals surface area contributed by atoms with Gasteiger partial charge in [0.05, 0.1) is 23.8 Å². The van der Waals surface area contributed by atoms with Crippen LogP contribution in [-0.2, 0) is 0 Å². The third kappa shape index (κ3) is 4.01. The molecular formula is C26H26O5. The molecule has 0 radical (unpaired) electrons. The van der Waals surface area contributed by atoms with Crippen LogP contribution in [0.2, 0.25) is 0 Å². The molecule has 1 aromatic heterocycles. The molecule has 0 fully saturated rings. The molecule has 5 heteroatoms. The fraction of sp³-hybridized carbons (Fsp3) is 0.269. The number of hydrogen-bond acceptors (Lipinski definition) is 5. The van der Waals surface area contributed by atoms with Gasteiger partial charge in [0.1, 0.15) is 28.2 Å². The average Bonchev–Trinajstić information content (AvgIpc) is 2.70. The minimum absolute atomic E-state index is 0.212. The molecule has 0 bridgehead atoms. The van der Waals surface area contributed by atoms with E-state index in [0.29, 0.717) is 39.4 Å². The Bertz CT molecular complexity index is 1260. The van der Waals surface area contributed by atoms with Gasteiger partial charge in [0.2, 0.25) is 0 Å². The molecule has 160 valence electrons. The number of methoxy groups -OCH3 is 1. The van der Waals surface area contributed by atoms with Crippen LogP contribution in [-0.4, -0.2) is 23.4 Å². The van der Waals surface area contributed by atoms with Gasteiger partial charge in [0, 0.05) is 11.6 Å². The van der Waals surface area contributed by atoms with Gasteiger partial charge in [0.25, 0.3) is 0 Å². The Kier molecular flexibility index (Phi) is 5.02. The molecule has 0 unspecified atom stereocenters. The highest BCUT2D eigenvalue weighted by atomic mass is 16.5. The van der Waals surface area contributed by atoms with Crippen molar-refractivity contribution < 1.29 is 19.0 Å². The van der Waals surface area contributed by atoms with Gasteiger partial charge >= 0.3 is 0 Å². The molecule has 0 atom stereocenters. The lowest BCUT2D eigenvalue weighted by Gasteiger charge is -2.30. The summed E-state index contributed by atoms with van der Waals surface area (Å²) in [5, 5.41) is 10.6. The Hall–Kier alpha value is -3.31. The van der Waals surface area contributed by atoms with E-state index in [0.717, 1.165) is 5.56 Å². The average molecular weight is 418 g/mol. The van der Waals surface area contributed by atoms with Crippen molar-refractivity contribution in [3.8, 4) is 22.8 Å². The normalized spacial score (nSPS) is 15.2. The summed E-state index contributed by atoms with van der Waals surface area (Å²) < 4.78 is 18.2. The first-order chi connectivity index (χ1) is 14.6. The van der Waals surface area contributed by atoms with Gasteiger partial charge in [-0.15, -0.1) is 0 Å². The van der Waals surface area contributed by atoms with Crippen molar-refractivity contribution in [3.63, 3.8) is 0 Å². The molecule has 3 aromatic rings. The smallest absolute Gasteiger partial charge is 0.197 e. The summed E-state index contributed by atoms with van der Waals surface area (Å²) in [5.41, 5.74) is 0.572. The predicted octanol–water partition coefficient (Wildman–Crippen LogP) is 5.44. The van der Waals surface area contributed by atoms with Crippen molar-refractivity contribution in [2.75, 3.05) is 7.11 Å². The molecule has 2 aromatic carbocycles. The summed E-state index contributed by atoms with van der Waals surface area (Å²) in [5.74, 6) is 1.40. The number of rotatable bonds is 4. The van der Waals surface area contributed by atoms with Crippen molar-refractivity contribution in [2.24, 2.45) is 0 Å². The third-order valence-corrected chi connectivity index (χ3v) is 5.09. The van der Waals surface area contributed by atoms with Crippen molar-refractivity contribution >= 4 is 23.1 Å². The summed E-state index contributed by atoms with van der Waals surface area (Å²) in [7, 11) is 1.53. The topological polar surface area (TPSA) is 68.9 Å². The van der Waals surface area contributed by atoms with Crippen molar-refractivity contribution in [1.29, 1.82) is 0 Å². The highest BCUT2D eigenvalue weighted by Crippen LogP contribution is 2.46. The Morgan fingerprint density at radius 2 is 1.87 bits per heavy atom. The molecule has 0 saturated heterocycles. The van der Waals surface area contributed by atoms with Crippen LogP contribution >= 0.6 is 0 Å². The number of fused-ring (bicyclic) bond motifs is 2. The Morgan fingerprint density at radius 3 is 2.52 bits per heavy atom. The van der Waals surface area contributed by atoms with Crippen molar-refractivity contribution in [3.05, 3.63) is 69.9 Å². The Balaban J connectivity index is 2.13. The second kappa shape index (κ2) is 7.43. The largest absolute Gasteiger partial charge is 0.495 e. The summed E-state index contributed by atoms with van der Waals surface area (Å²) in [4.78, 5) is 13.2. The van der Waals surface area contributed by atoms with E-state index in [-0.39, 0.29) is 5.43 Å². The van der Waals surface area contributed by atoms with Crippen LogP contribution in [0.25, 0.3) is 34.4 Å². The van der Waals surface area contributed by atoms with E-state index in [2.05, 4.69) is 0 Å². The fourth-order valence-corrected chi connectivity index (χ4v) is 3.62. The molecule has 2 heterocycles. The monoisotopic (exact) mass is 418 g/mol. The molecule has 0 saturated carbocycles. The molecule has 1 aliphatic heterocycles. The van der Waals surface area contributed by atoms with Crippen LogP contribution in [0.1, 0.15) is 38.8 Å². The number of aliphatic hydroxyl groups is 1. The van der Waals surface area contributed by atoms with E-state index in [9.17, 15) is 9.90 Å². The quantitative estimate of drug-likeness (QED) is 0.611. The number of benzene rings is 2. The van der Waals surface area contributed by atoms with E-state index in [4.69, 9.17) is 13.9 Å². The Labute approximate surface area is 181 Å². The zero-order valence-corrected chi connectivity index (χ0v) is 18.4. The summed E-state index contributed by atoms with van der Waals surface area (Å²) in [6.45, 7) is 7.25. The standard InChI is InChI=1S/C26H26O5/c1-25(2,28)13-11-18-22-17(12-14-26(3,4)31-22)23(29-5)21-19(27)15-20(30-24(18)21)16-9-7-6-8-10-16/h6-15,28H,1-5H3/b13-11-. The Morgan fingerprint density at radius 1 is 1.16 bits per heavy atom. The lowest BCUT2D eigenvalue weighted by atomic mass is 9.95. The molecule has 0 amide bonds. The third-order valence-electron chi connectivity index (χ3n) is 5.09. The van der Waals surface area contributed by atoms with Gasteiger partial charge in [-0.05, 0) is 45.9 Å². The molecule has 31 heavy (non-hydrogen) atoms. The highest BCUT2D eigenvalue weighted by molar-refractivity contribution is 5.98. The minimum atomic E-state index is -1.06. The number of hydrogen-bond donors (Lipinski definition) is 1. The van der Waals surface area contributed by atoms with Gasteiger partial charge in [0.15, 0.2) is 11.0 Å². The second-order valence-electron chi connectivity index (χ2n) is 8.76. The van der Waals surface area contributed by atoms with Crippen LogP contribution in [0.3, 0.4) is 0 Å². The molecule has 1 N–H and O–H groups in total. The van der Waals surface area contributed by atoms with Gasteiger partial charge in [-0.2, -0.15) is 0 Å². The molecule has 5 nitrogen and oxygen atoms in total. The molecule has 0 aliphatic carbocycles. The molecule has 0 spiro atoms.